The highest BCUT2D eigenvalue weighted by Crippen LogP contribution is 2.35. The number of para-hydroxylation sites is 1. The molecule has 0 aliphatic carbocycles. The molecular formula is C31H28FN5O4. The number of halogens is 1. The minimum atomic E-state index is -0.649. The van der Waals surface area contributed by atoms with Gasteiger partial charge in [-0.25, -0.2) is 9.37 Å². The summed E-state index contributed by atoms with van der Waals surface area (Å²) in [7, 11) is 3.17. The Morgan fingerprint density at radius 3 is 2.41 bits per heavy atom. The standard InChI is InChI=1S/C31H28FN5O4/c1-39-28-5-3-4-26(30(28)40-2)35-18-20-6-8-21(9-7-20)31(38)36-27-17-29(24(32)16-25(27)33)41-23-12-10-22(11-13-23)37-15-14-34-19-37/h3-17,19,35H,18,33H2,1-2H3,(H,36,38). The molecule has 1 heterocycles. The zero-order valence-corrected chi connectivity index (χ0v) is 22.4. The highest BCUT2D eigenvalue weighted by Gasteiger charge is 2.14. The summed E-state index contributed by atoms with van der Waals surface area (Å²) < 4.78 is 33.0. The Bertz CT molecular complexity index is 1640. The van der Waals surface area contributed by atoms with Gasteiger partial charge in [0.05, 0.1) is 37.6 Å². The molecule has 4 N–H and O–H groups in total. The van der Waals surface area contributed by atoms with Crippen LogP contribution in [0.2, 0.25) is 0 Å². The lowest BCUT2D eigenvalue weighted by atomic mass is 10.1. The predicted molar refractivity (Wildman–Crippen MR) is 156 cm³/mol. The monoisotopic (exact) mass is 553 g/mol. The molecule has 0 saturated heterocycles. The fraction of sp³-hybridized carbons (Fsp3) is 0.0968. The van der Waals surface area contributed by atoms with Gasteiger partial charge in [-0.05, 0) is 54.1 Å². The van der Waals surface area contributed by atoms with Gasteiger partial charge in [0.15, 0.2) is 23.1 Å². The number of benzene rings is 4. The number of methoxy groups -OCH3 is 2. The molecule has 0 saturated carbocycles. The molecule has 5 rings (SSSR count). The number of nitrogens with zero attached hydrogens (tertiary/aromatic N) is 2. The lowest BCUT2D eigenvalue weighted by Gasteiger charge is -2.14. The first-order valence-electron chi connectivity index (χ1n) is 12.7. The third-order valence-electron chi connectivity index (χ3n) is 6.32. The second-order valence-electron chi connectivity index (χ2n) is 8.98. The van der Waals surface area contributed by atoms with E-state index in [0.29, 0.717) is 29.4 Å². The topological polar surface area (TPSA) is 113 Å². The number of nitrogens with two attached hydrogens (primary N) is 1. The van der Waals surface area contributed by atoms with Crippen LogP contribution in [0.25, 0.3) is 5.69 Å². The second kappa shape index (κ2) is 12.1. The average Bonchev–Trinajstić information content (AvgIpc) is 3.54. The Hall–Kier alpha value is -5.51. The lowest BCUT2D eigenvalue weighted by Crippen LogP contribution is -2.13. The van der Waals surface area contributed by atoms with Crippen LogP contribution in [0.3, 0.4) is 0 Å². The van der Waals surface area contributed by atoms with E-state index >= 15 is 0 Å². The quantitative estimate of drug-likeness (QED) is 0.175. The summed E-state index contributed by atoms with van der Waals surface area (Å²) in [6.07, 6.45) is 5.17. The highest BCUT2D eigenvalue weighted by atomic mass is 19.1. The molecule has 0 spiro atoms. The van der Waals surface area contributed by atoms with Gasteiger partial charge in [-0.3, -0.25) is 4.79 Å². The van der Waals surface area contributed by atoms with Crippen LogP contribution in [0, 0.1) is 5.82 Å². The van der Waals surface area contributed by atoms with Crippen molar-refractivity contribution in [1.29, 1.82) is 0 Å². The average molecular weight is 554 g/mol. The van der Waals surface area contributed by atoms with Crippen LogP contribution in [0.4, 0.5) is 21.5 Å². The number of nitrogen functional groups attached to an aromatic ring is 1. The number of carbonyl (C=O) groups excluding carboxylic acids is 1. The summed E-state index contributed by atoms with van der Waals surface area (Å²) in [6.45, 7) is 0.500. The normalized spacial score (nSPS) is 10.6. The van der Waals surface area contributed by atoms with Gasteiger partial charge in [0.1, 0.15) is 5.75 Å². The molecule has 0 fully saturated rings. The summed E-state index contributed by atoms with van der Waals surface area (Å²) in [6, 6.07) is 22.2. The zero-order chi connectivity index (χ0) is 28.8. The third-order valence-corrected chi connectivity index (χ3v) is 6.32. The molecule has 5 aromatic rings. The van der Waals surface area contributed by atoms with Gasteiger partial charge in [-0.1, -0.05) is 18.2 Å². The van der Waals surface area contributed by atoms with E-state index in [-0.39, 0.29) is 17.1 Å². The number of hydrogen-bond donors (Lipinski definition) is 3. The Balaban J connectivity index is 1.24. The van der Waals surface area contributed by atoms with Gasteiger partial charge in [-0.15, -0.1) is 0 Å². The van der Waals surface area contributed by atoms with Crippen molar-refractivity contribution >= 4 is 23.0 Å². The molecule has 0 aliphatic heterocycles. The molecule has 4 aromatic carbocycles. The number of amides is 1. The number of nitrogens with one attached hydrogen (secondary N) is 2. The van der Waals surface area contributed by atoms with Gasteiger partial charge in [-0.2, -0.15) is 0 Å². The first kappa shape index (κ1) is 27.1. The number of rotatable bonds is 10. The van der Waals surface area contributed by atoms with Crippen molar-refractivity contribution in [3.63, 3.8) is 0 Å². The summed E-state index contributed by atoms with van der Waals surface area (Å²) >= 11 is 0. The van der Waals surface area contributed by atoms with Crippen LogP contribution in [0.1, 0.15) is 15.9 Å². The molecule has 0 radical (unpaired) electrons. The lowest BCUT2D eigenvalue weighted by molar-refractivity contribution is 0.102. The molecular weight excluding hydrogens is 525 g/mol. The van der Waals surface area contributed by atoms with Crippen molar-refractivity contribution in [2.24, 2.45) is 0 Å². The second-order valence-corrected chi connectivity index (χ2v) is 8.98. The smallest absolute Gasteiger partial charge is 0.255 e. The molecule has 0 atom stereocenters. The molecule has 1 amide bonds. The summed E-state index contributed by atoms with van der Waals surface area (Å²) in [4.78, 5) is 17.0. The number of aromatic nitrogens is 2. The zero-order valence-electron chi connectivity index (χ0n) is 22.4. The number of ether oxygens (including phenoxy) is 3. The fourth-order valence-corrected chi connectivity index (χ4v) is 4.17. The van der Waals surface area contributed by atoms with Gasteiger partial charge in [0.2, 0.25) is 0 Å². The highest BCUT2D eigenvalue weighted by molar-refractivity contribution is 6.05. The Labute approximate surface area is 236 Å². The molecule has 41 heavy (non-hydrogen) atoms. The first-order valence-corrected chi connectivity index (χ1v) is 12.7. The van der Waals surface area contributed by atoms with E-state index in [1.807, 2.05) is 53.2 Å². The summed E-state index contributed by atoms with van der Waals surface area (Å²) in [5.41, 5.74) is 9.33. The Kier molecular flexibility index (Phi) is 8.00. The van der Waals surface area contributed by atoms with E-state index < -0.39 is 11.7 Å². The maximum absolute atomic E-state index is 14.7. The van der Waals surface area contributed by atoms with Crippen molar-refractivity contribution in [2.75, 3.05) is 30.6 Å². The largest absolute Gasteiger partial charge is 0.493 e. The van der Waals surface area contributed by atoms with E-state index in [0.717, 1.165) is 23.0 Å². The Morgan fingerprint density at radius 1 is 0.951 bits per heavy atom. The third kappa shape index (κ3) is 6.22. The van der Waals surface area contributed by atoms with Gasteiger partial charge in [0, 0.05) is 42.3 Å². The van der Waals surface area contributed by atoms with Gasteiger partial charge in [0.25, 0.3) is 5.91 Å². The molecule has 10 heteroatoms. The molecule has 0 aliphatic rings. The number of hydrogen-bond acceptors (Lipinski definition) is 7. The summed E-state index contributed by atoms with van der Waals surface area (Å²) in [5.74, 6) is 0.542. The van der Waals surface area contributed by atoms with Gasteiger partial charge >= 0.3 is 0 Å². The van der Waals surface area contributed by atoms with E-state index in [1.54, 1.807) is 51.0 Å². The SMILES string of the molecule is COc1cccc(NCc2ccc(C(=O)Nc3cc(Oc4ccc(-n5ccnc5)cc4)c(F)cc3N)cc2)c1OC. The maximum atomic E-state index is 14.7. The van der Waals surface area contributed by atoms with Gasteiger partial charge < -0.3 is 35.1 Å². The van der Waals surface area contributed by atoms with Crippen LogP contribution < -0.4 is 30.6 Å². The summed E-state index contributed by atoms with van der Waals surface area (Å²) in [5, 5.41) is 6.06. The minimum Gasteiger partial charge on any atom is -0.493 e. The molecule has 1 aromatic heterocycles. The van der Waals surface area contributed by atoms with Crippen molar-refractivity contribution in [1.82, 2.24) is 9.55 Å². The van der Waals surface area contributed by atoms with E-state index in [4.69, 9.17) is 19.9 Å². The fourth-order valence-electron chi connectivity index (χ4n) is 4.17. The van der Waals surface area contributed by atoms with Crippen molar-refractivity contribution < 1.29 is 23.4 Å². The van der Waals surface area contributed by atoms with E-state index in [1.165, 1.54) is 6.07 Å². The van der Waals surface area contributed by atoms with Crippen LogP contribution in [0.15, 0.2) is 97.6 Å². The van der Waals surface area contributed by atoms with Crippen LogP contribution in [0.5, 0.6) is 23.0 Å². The van der Waals surface area contributed by atoms with Crippen LogP contribution >= 0.6 is 0 Å². The molecule has 9 nitrogen and oxygen atoms in total. The maximum Gasteiger partial charge on any atom is 0.255 e. The number of anilines is 3. The van der Waals surface area contributed by atoms with E-state index in [2.05, 4.69) is 15.6 Å². The van der Waals surface area contributed by atoms with Crippen LogP contribution in [-0.4, -0.2) is 29.7 Å². The molecule has 208 valence electrons. The molecule has 0 unspecified atom stereocenters. The van der Waals surface area contributed by atoms with Crippen molar-refractivity contribution in [3.05, 3.63) is 115 Å². The minimum absolute atomic E-state index is 0.0701. The first-order chi connectivity index (χ1) is 19.9. The van der Waals surface area contributed by atoms with Crippen molar-refractivity contribution in [3.8, 4) is 28.7 Å². The van der Waals surface area contributed by atoms with Crippen LogP contribution in [-0.2, 0) is 6.54 Å². The number of imidazole rings is 1. The predicted octanol–water partition coefficient (Wildman–Crippen LogP) is 6.27. The number of carbonyl (C=O) groups is 1. The molecule has 0 bridgehead atoms. The van der Waals surface area contributed by atoms with Crippen molar-refractivity contribution in [2.45, 2.75) is 6.54 Å². The Morgan fingerprint density at radius 2 is 1.73 bits per heavy atom. The van der Waals surface area contributed by atoms with E-state index in [9.17, 15) is 9.18 Å².